The monoisotopic (exact) mass is 317 g/mol. The molecule has 128 valence electrons. The molecule has 7 heteroatoms. The molecule has 0 aromatic rings. The van der Waals surface area contributed by atoms with E-state index in [1.165, 1.54) is 0 Å². The summed E-state index contributed by atoms with van der Waals surface area (Å²) >= 11 is 0. The lowest BCUT2D eigenvalue weighted by Gasteiger charge is -2.26. The van der Waals surface area contributed by atoms with Crippen molar-refractivity contribution in [2.75, 3.05) is 0 Å². The Morgan fingerprint density at radius 2 is 1.50 bits per heavy atom. The second-order valence-corrected chi connectivity index (χ2v) is 7.02. The number of carboxylic acids is 1. The Bertz CT molecular complexity index is 405. The van der Waals surface area contributed by atoms with E-state index in [4.69, 9.17) is 14.6 Å². The van der Waals surface area contributed by atoms with Gasteiger partial charge in [0.2, 0.25) is 0 Å². The van der Waals surface area contributed by atoms with E-state index >= 15 is 0 Å². The molecule has 0 spiro atoms. The lowest BCUT2D eigenvalue weighted by molar-refractivity contribution is -0.158. The highest BCUT2D eigenvalue weighted by atomic mass is 16.6. The van der Waals surface area contributed by atoms with Gasteiger partial charge in [-0.3, -0.25) is 4.79 Å². The maximum Gasteiger partial charge on any atom is 0.408 e. The summed E-state index contributed by atoms with van der Waals surface area (Å²) in [5, 5.41) is 11.1. The van der Waals surface area contributed by atoms with E-state index in [1.54, 1.807) is 41.5 Å². The first-order valence-electron chi connectivity index (χ1n) is 7.24. The fraction of sp³-hybridized carbons (Fsp3) is 0.800. The maximum absolute atomic E-state index is 12.1. The standard InChI is InChI=1S/C15H27NO6/c1-14(2,3)21-12(19)10(8-7-9-11(17)18)16-13(20)22-15(4,5)6/h10H,7-9H2,1-6H3,(H,16,20)(H,17,18)/t10-/m1/s1. The van der Waals surface area contributed by atoms with Crippen LogP contribution in [0.3, 0.4) is 0 Å². The molecule has 0 aromatic carbocycles. The molecular weight excluding hydrogens is 290 g/mol. The van der Waals surface area contributed by atoms with Crippen LogP contribution in [0.5, 0.6) is 0 Å². The number of carbonyl (C=O) groups excluding carboxylic acids is 2. The van der Waals surface area contributed by atoms with Crippen LogP contribution < -0.4 is 5.32 Å². The van der Waals surface area contributed by atoms with Gasteiger partial charge in [0, 0.05) is 6.42 Å². The second-order valence-electron chi connectivity index (χ2n) is 7.02. The number of carboxylic acid groups (broad SMARTS) is 1. The number of hydrogen-bond acceptors (Lipinski definition) is 5. The van der Waals surface area contributed by atoms with Gasteiger partial charge in [0.1, 0.15) is 17.2 Å². The Morgan fingerprint density at radius 1 is 1.00 bits per heavy atom. The predicted octanol–water partition coefficient (Wildman–Crippen LogP) is 2.48. The minimum Gasteiger partial charge on any atom is -0.481 e. The van der Waals surface area contributed by atoms with Crippen LogP contribution in [0, 0.1) is 0 Å². The number of rotatable bonds is 6. The third-order valence-electron chi connectivity index (χ3n) is 2.27. The Balaban J connectivity index is 4.74. The quantitative estimate of drug-likeness (QED) is 0.730. The summed E-state index contributed by atoms with van der Waals surface area (Å²) in [6, 6.07) is -0.937. The van der Waals surface area contributed by atoms with Gasteiger partial charge in [-0.05, 0) is 54.4 Å². The molecule has 0 rings (SSSR count). The molecule has 2 N–H and O–H groups in total. The molecule has 0 unspecified atom stereocenters. The molecule has 1 atom stereocenters. The summed E-state index contributed by atoms with van der Waals surface area (Å²) in [4.78, 5) is 34.4. The number of esters is 1. The van der Waals surface area contributed by atoms with Gasteiger partial charge >= 0.3 is 18.0 Å². The normalized spacial score (nSPS) is 13.2. The van der Waals surface area contributed by atoms with Crippen molar-refractivity contribution in [3.8, 4) is 0 Å². The van der Waals surface area contributed by atoms with Gasteiger partial charge < -0.3 is 19.9 Å². The summed E-state index contributed by atoms with van der Waals surface area (Å²) in [5.74, 6) is -1.57. The molecule has 1 amide bonds. The van der Waals surface area contributed by atoms with Crippen LogP contribution in [0.1, 0.15) is 60.8 Å². The van der Waals surface area contributed by atoms with Gasteiger partial charge in [-0.15, -0.1) is 0 Å². The third-order valence-corrected chi connectivity index (χ3v) is 2.27. The van der Waals surface area contributed by atoms with Gasteiger partial charge in [0.05, 0.1) is 0 Å². The molecule has 0 saturated carbocycles. The number of amides is 1. The molecular formula is C15H27NO6. The van der Waals surface area contributed by atoms with Crippen LogP contribution in [-0.2, 0) is 19.1 Å². The van der Waals surface area contributed by atoms with Crippen LogP contribution in [0.15, 0.2) is 0 Å². The van der Waals surface area contributed by atoms with Crippen molar-refractivity contribution >= 4 is 18.0 Å². The maximum atomic E-state index is 12.1. The highest BCUT2D eigenvalue weighted by molar-refractivity contribution is 5.81. The van der Waals surface area contributed by atoms with E-state index in [-0.39, 0.29) is 19.3 Å². The highest BCUT2D eigenvalue weighted by Crippen LogP contribution is 2.13. The zero-order chi connectivity index (χ0) is 17.6. The lowest BCUT2D eigenvalue weighted by atomic mass is 10.1. The fourth-order valence-corrected chi connectivity index (χ4v) is 1.53. The molecule has 0 aromatic heterocycles. The fourth-order valence-electron chi connectivity index (χ4n) is 1.53. The number of nitrogens with one attached hydrogen (secondary N) is 1. The number of alkyl carbamates (subject to hydrolysis) is 1. The van der Waals surface area contributed by atoms with E-state index in [9.17, 15) is 14.4 Å². The van der Waals surface area contributed by atoms with E-state index in [0.29, 0.717) is 0 Å². The molecule has 0 aliphatic rings. The van der Waals surface area contributed by atoms with Crippen molar-refractivity contribution in [3.63, 3.8) is 0 Å². The van der Waals surface area contributed by atoms with Crippen molar-refractivity contribution in [1.82, 2.24) is 5.32 Å². The Morgan fingerprint density at radius 3 is 1.91 bits per heavy atom. The van der Waals surface area contributed by atoms with Gasteiger partial charge in [0.25, 0.3) is 0 Å². The van der Waals surface area contributed by atoms with Gasteiger partial charge in [-0.25, -0.2) is 9.59 Å². The number of carbonyl (C=O) groups is 3. The average Bonchev–Trinajstić information content (AvgIpc) is 2.21. The van der Waals surface area contributed by atoms with Crippen LogP contribution >= 0.6 is 0 Å². The Hall–Kier alpha value is -1.79. The predicted molar refractivity (Wildman–Crippen MR) is 80.5 cm³/mol. The average molecular weight is 317 g/mol. The third kappa shape index (κ3) is 10.9. The van der Waals surface area contributed by atoms with Crippen molar-refractivity contribution in [3.05, 3.63) is 0 Å². The minimum atomic E-state index is -0.958. The van der Waals surface area contributed by atoms with Crippen molar-refractivity contribution in [2.45, 2.75) is 78.0 Å². The highest BCUT2D eigenvalue weighted by Gasteiger charge is 2.28. The van der Waals surface area contributed by atoms with Crippen LogP contribution in [0.25, 0.3) is 0 Å². The van der Waals surface area contributed by atoms with E-state index < -0.39 is 35.3 Å². The summed E-state index contributed by atoms with van der Waals surface area (Å²) in [5.41, 5.74) is -1.39. The molecule has 22 heavy (non-hydrogen) atoms. The Kier molecular flexibility index (Phi) is 7.35. The summed E-state index contributed by atoms with van der Waals surface area (Å²) < 4.78 is 10.3. The van der Waals surface area contributed by atoms with E-state index in [0.717, 1.165) is 0 Å². The van der Waals surface area contributed by atoms with Gasteiger partial charge in [-0.1, -0.05) is 0 Å². The number of hydrogen-bond donors (Lipinski definition) is 2. The van der Waals surface area contributed by atoms with Crippen molar-refractivity contribution < 1.29 is 29.0 Å². The molecule has 0 bridgehead atoms. The molecule has 7 nitrogen and oxygen atoms in total. The van der Waals surface area contributed by atoms with Crippen LogP contribution in [0.4, 0.5) is 4.79 Å². The topological polar surface area (TPSA) is 102 Å². The zero-order valence-corrected chi connectivity index (χ0v) is 14.2. The molecule has 0 heterocycles. The van der Waals surface area contributed by atoms with Gasteiger partial charge in [0.15, 0.2) is 0 Å². The largest absolute Gasteiger partial charge is 0.481 e. The lowest BCUT2D eigenvalue weighted by Crippen LogP contribution is -2.46. The molecule has 0 saturated heterocycles. The van der Waals surface area contributed by atoms with E-state index in [2.05, 4.69) is 5.32 Å². The molecule has 0 aliphatic heterocycles. The first kappa shape index (κ1) is 20.2. The smallest absolute Gasteiger partial charge is 0.408 e. The SMILES string of the molecule is CC(C)(C)OC(=O)N[C@H](CCCC(=O)O)C(=O)OC(C)(C)C. The van der Waals surface area contributed by atoms with Crippen LogP contribution in [-0.4, -0.2) is 40.4 Å². The zero-order valence-electron chi connectivity index (χ0n) is 14.2. The second kappa shape index (κ2) is 8.00. The summed E-state index contributed by atoms with van der Waals surface area (Å²) in [7, 11) is 0. The molecule has 0 aliphatic carbocycles. The first-order chi connectivity index (χ1) is 9.80. The molecule has 0 fully saturated rings. The Labute approximate surface area is 131 Å². The molecule has 0 radical (unpaired) electrons. The van der Waals surface area contributed by atoms with Crippen molar-refractivity contribution in [1.29, 1.82) is 0 Å². The van der Waals surface area contributed by atoms with E-state index in [1.807, 2.05) is 0 Å². The van der Waals surface area contributed by atoms with Crippen LogP contribution in [0.2, 0.25) is 0 Å². The minimum absolute atomic E-state index is 0.0880. The van der Waals surface area contributed by atoms with Crippen molar-refractivity contribution in [2.24, 2.45) is 0 Å². The van der Waals surface area contributed by atoms with Gasteiger partial charge in [-0.2, -0.15) is 0 Å². The summed E-state index contributed by atoms with van der Waals surface area (Å²) in [6.45, 7) is 10.3. The number of aliphatic carboxylic acids is 1. The number of ether oxygens (including phenoxy) is 2. The summed E-state index contributed by atoms with van der Waals surface area (Å²) in [6.07, 6.45) is -0.413. The first-order valence-corrected chi connectivity index (χ1v) is 7.24.